The Labute approximate surface area is 229 Å². The van der Waals surface area contributed by atoms with E-state index >= 15 is 0 Å². The van der Waals surface area contributed by atoms with Crippen LogP contribution in [0.5, 0.6) is 0 Å². The van der Waals surface area contributed by atoms with Crippen LogP contribution in [-0.4, -0.2) is 66.1 Å². The van der Waals surface area contributed by atoms with Gasteiger partial charge < -0.3 is 25.1 Å². The highest BCUT2D eigenvalue weighted by molar-refractivity contribution is 7.85. The number of carboxylic acids is 1. The number of anilines is 1. The lowest BCUT2D eigenvalue weighted by Gasteiger charge is -2.23. The molecule has 1 aliphatic carbocycles. The highest BCUT2D eigenvalue weighted by atomic mass is 32.2. The number of aromatic nitrogens is 2. The highest BCUT2D eigenvalue weighted by Crippen LogP contribution is 2.38. The summed E-state index contributed by atoms with van der Waals surface area (Å²) in [6, 6.07) is 7.12. The molecule has 2 aliphatic rings. The third-order valence-electron chi connectivity index (χ3n) is 6.96. The number of rotatable bonds is 6. The van der Waals surface area contributed by atoms with E-state index in [1.165, 1.54) is 25.4 Å². The number of carbonyl (C=O) groups is 1. The molecular weight excluding hydrogens is 545 g/mol. The Kier molecular flexibility index (Phi) is 7.97. The number of aromatic carboxylic acids is 1. The number of hydrogen-bond acceptors (Lipinski definition) is 9. The standard InChI is InChI=1S/C19H22FN5O4.C7H8O3S/c1-19(8-21)9-24(7-14(19)23-29-2)17-13(20)5-11-15(26)12(18(27)28)6-25(10-3-4-10)16(11)22-17;1-6-2-4-7(5-3-6)11(8,9)10/h5-6,10H,3-4,7-9,21H2,1-2H3,(H,27,28);2-5H,1H3,(H,8,9,10)/b23-14-;. The SMILES string of the molecule is CO/N=C1/CN(c2nc3c(cc2F)c(=O)c(C(=O)O)cn3C2CC2)CC1(C)CN.Cc1ccc(S(=O)(=O)O)cc1. The highest BCUT2D eigenvalue weighted by Gasteiger charge is 2.41. The Hall–Kier alpha value is -3.88. The van der Waals surface area contributed by atoms with Gasteiger partial charge in [0.2, 0.25) is 5.43 Å². The molecule has 214 valence electrons. The lowest BCUT2D eigenvalue weighted by Crippen LogP contribution is -2.36. The molecule has 2 aromatic heterocycles. The van der Waals surface area contributed by atoms with Gasteiger partial charge in [-0.05, 0) is 38.0 Å². The van der Waals surface area contributed by atoms with Crippen molar-refractivity contribution >= 4 is 38.7 Å². The van der Waals surface area contributed by atoms with Crippen LogP contribution in [0.25, 0.3) is 11.0 Å². The molecule has 1 saturated heterocycles. The molecule has 3 heterocycles. The lowest BCUT2D eigenvalue weighted by atomic mass is 9.88. The summed E-state index contributed by atoms with van der Waals surface area (Å²) in [6.07, 6.45) is 3.02. The Balaban J connectivity index is 0.000000283. The zero-order valence-corrected chi connectivity index (χ0v) is 23.0. The summed E-state index contributed by atoms with van der Waals surface area (Å²) in [5, 5.41) is 13.3. The maximum Gasteiger partial charge on any atom is 0.341 e. The van der Waals surface area contributed by atoms with E-state index in [0.29, 0.717) is 18.8 Å². The van der Waals surface area contributed by atoms with Gasteiger partial charge in [-0.1, -0.05) is 29.8 Å². The van der Waals surface area contributed by atoms with E-state index in [4.69, 9.17) is 15.1 Å². The van der Waals surface area contributed by atoms with E-state index in [1.807, 2.05) is 13.8 Å². The molecule has 2 fully saturated rings. The lowest BCUT2D eigenvalue weighted by molar-refractivity contribution is 0.0694. The molecule has 4 N–H and O–H groups in total. The van der Waals surface area contributed by atoms with Crippen molar-refractivity contribution < 1.29 is 32.1 Å². The summed E-state index contributed by atoms with van der Waals surface area (Å²) >= 11 is 0. The van der Waals surface area contributed by atoms with Gasteiger partial charge in [-0.15, -0.1) is 0 Å². The van der Waals surface area contributed by atoms with Gasteiger partial charge >= 0.3 is 5.97 Å². The molecule has 0 spiro atoms. The molecule has 3 aromatic rings. The van der Waals surface area contributed by atoms with E-state index in [-0.39, 0.29) is 39.9 Å². The maximum atomic E-state index is 15.0. The van der Waals surface area contributed by atoms with Crippen LogP contribution >= 0.6 is 0 Å². The Morgan fingerprint density at radius 2 is 1.95 bits per heavy atom. The first kappa shape index (κ1) is 29.1. The van der Waals surface area contributed by atoms with E-state index in [1.54, 1.807) is 21.6 Å². The van der Waals surface area contributed by atoms with E-state index in [2.05, 4.69) is 10.1 Å². The third-order valence-corrected chi connectivity index (χ3v) is 7.83. The molecule has 1 atom stereocenters. The summed E-state index contributed by atoms with van der Waals surface area (Å²) in [7, 11) is -2.58. The van der Waals surface area contributed by atoms with Gasteiger partial charge in [0.15, 0.2) is 11.6 Å². The van der Waals surface area contributed by atoms with Crippen LogP contribution in [0, 0.1) is 18.2 Å². The van der Waals surface area contributed by atoms with Gasteiger partial charge in [0.25, 0.3) is 10.1 Å². The second-order valence-corrected chi connectivity index (χ2v) is 11.5. The van der Waals surface area contributed by atoms with Gasteiger partial charge in [-0.3, -0.25) is 9.35 Å². The zero-order chi connectivity index (χ0) is 29.4. The molecule has 14 heteroatoms. The predicted octanol–water partition coefficient (Wildman–Crippen LogP) is 2.60. The van der Waals surface area contributed by atoms with Crippen molar-refractivity contribution in [1.82, 2.24) is 9.55 Å². The molecule has 1 unspecified atom stereocenters. The van der Waals surface area contributed by atoms with Crippen molar-refractivity contribution in [3.05, 3.63) is 63.7 Å². The van der Waals surface area contributed by atoms with Crippen LogP contribution < -0.4 is 16.1 Å². The van der Waals surface area contributed by atoms with Crippen LogP contribution in [0.1, 0.15) is 41.7 Å². The summed E-state index contributed by atoms with van der Waals surface area (Å²) in [6.45, 7) is 4.74. The normalized spacial score (nSPS) is 19.9. The topological polar surface area (TPSA) is 177 Å². The Bertz CT molecular complexity index is 1650. The number of oxime groups is 1. The fourth-order valence-corrected chi connectivity index (χ4v) is 4.95. The summed E-state index contributed by atoms with van der Waals surface area (Å²) in [4.78, 5) is 35.0. The molecular formula is C26H30FN5O7S. The van der Waals surface area contributed by atoms with Crippen molar-refractivity contribution in [1.29, 1.82) is 0 Å². The summed E-state index contributed by atoms with van der Waals surface area (Å²) in [5.74, 6) is -1.96. The molecule has 0 radical (unpaired) electrons. The van der Waals surface area contributed by atoms with Crippen LogP contribution in [0.3, 0.4) is 0 Å². The number of hydrogen-bond donors (Lipinski definition) is 3. The van der Waals surface area contributed by atoms with Gasteiger partial charge in [0, 0.05) is 30.7 Å². The van der Waals surface area contributed by atoms with Crippen molar-refractivity contribution in [3.8, 4) is 0 Å². The summed E-state index contributed by atoms with van der Waals surface area (Å²) < 4.78 is 46.2. The van der Waals surface area contributed by atoms with Crippen LogP contribution in [0.15, 0.2) is 51.4 Å². The first-order chi connectivity index (χ1) is 18.8. The minimum Gasteiger partial charge on any atom is -0.477 e. The number of carboxylic acid groups (broad SMARTS) is 1. The number of nitrogens with two attached hydrogens (primary N) is 1. The average molecular weight is 576 g/mol. The van der Waals surface area contributed by atoms with Gasteiger partial charge in [0.05, 0.1) is 22.5 Å². The van der Waals surface area contributed by atoms with Crippen molar-refractivity contribution in [3.63, 3.8) is 0 Å². The van der Waals surface area contributed by atoms with Crippen molar-refractivity contribution in [2.24, 2.45) is 16.3 Å². The quantitative estimate of drug-likeness (QED) is 0.292. The van der Waals surface area contributed by atoms with Gasteiger partial charge in [0.1, 0.15) is 18.3 Å². The first-order valence-electron chi connectivity index (χ1n) is 12.4. The molecule has 1 aromatic carbocycles. The number of fused-ring (bicyclic) bond motifs is 1. The van der Waals surface area contributed by atoms with Crippen LogP contribution in [-0.2, 0) is 15.0 Å². The number of benzene rings is 1. The molecule has 0 bridgehead atoms. The van der Waals surface area contributed by atoms with Gasteiger partial charge in [-0.2, -0.15) is 8.42 Å². The average Bonchev–Trinajstić information content (AvgIpc) is 3.68. The molecule has 12 nitrogen and oxygen atoms in total. The fourth-order valence-electron chi connectivity index (χ4n) is 4.47. The fraction of sp³-hybridized carbons (Fsp3) is 0.385. The van der Waals surface area contributed by atoms with E-state index in [0.717, 1.165) is 24.5 Å². The molecule has 5 rings (SSSR count). The monoisotopic (exact) mass is 575 g/mol. The number of pyridine rings is 2. The zero-order valence-electron chi connectivity index (χ0n) is 22.2. The van der Waals surface area contributed by atoms with Crippen LogP contribution in [0.2, 0.25) is 0 Å². The van der Waals surface area contributed by atoms with Gasteiger partial charge in [-0.25, -0.2) is 14.2 Å². The van der Waals surface area contributed by atoms with Crippen LogP contribution in [0.4, 0.5) is 10.2 Å². The molecule has 0 amide bonds. The van der Waals surface area contributed by atoms with E-state index < -0.39 is 32.7 Å². The Morgan fingerprint density at radius 3 is 2.48 bits per heavy atom. The second-order valence-electron chi connectivity index (χ2n) is 10.1. The smallest absolute Gasteiger partial charge is 0.341 e. The number of halogens is 1. The molecule has 1 aliphatic heterocycles. The van der Waals surface area contributed by atoms with Crippen molar-refractivity contribution in [2.45, 2.75) is 37.6 Å². The second kappa shape index (κ2) is 10.9. The largest absolute Gasteiger partial charge is 0.477 e. The maximum absolute atomic E-state index is 15.0. The minimum absolute atomic E-state index is 0.0374. The molecule has 40 heavy (non-hydrogen) atoms. The Morgan fingerprint density at radius 1 is 1.30 bits per heavy atom. The number of aryl methyl sites for hydroxylation is 1. The predicted molar refractivity (Wildman–Crippen MR) is 146 cm³/mol. The number of nitrogens with zero attached hydrogens (tertiary/aromatic N) is 4. The first-order valence-corrected chi connectivity index (χ1v) is 13.8. The summed E-state index contributed by atoms with van der Waals surface area (Å²) in [5.41, 5.74) is 6.22. The van der Waals surface area contributed by atoms with E-state index in [9.17, 15) is 27.5 Å². The van der Waals surface area contributed by atoms with Crippen molar-refractivity contribution in [2.75, 3.05) is 31.6 Å². The minimum atomic E-state index is -4.02. The molecule has 1 saturated carbocycles. The third kappa shape index (κ3) is 5.83.